The zero-order valence-electron chi connectivity index (χ0n) is 8.86. The van der Waals surface area contributed by atoms with Crippen LogP contribution >= 0.6 is 0 Å². The van der Waals surface area contributed by atoms with Crippen LogP contribution in [0.4, 0.5) is 0 Å². The molecule has 1 aromatic heterocycles. The molecule has 0 N–H and O–H groups in total. The summed E-state index contributed by atoms with van der Waals surface area (Å²) in [4.78, 5) is 11.0. The van der Waals surface area contributed by atoms with E-state index in [4.69, 9.17) is 9.26 Å². The van der Waals surface area contributed by atoms with Crippen molar-refractivity contribution in [2.45, 2.75) is 45.3 Å². The normalized spacial score (nSPS) is 18.3. The Hall–Kier alpha value is -1.16. The molecule has 0 unspecified atom stereocenters. The fourth-order valence-corrected chi connectivity index (χ4v) is 1.76. The topological polar surface area (TPSA) is 52.3 Å². The lowest BCUT2D eigenvalue weighted by atomic mass is 9.96. The van der Waals surface area contributed by atoms with Crippen molar-refractivity contribution in [2.75, 3.05) is 0 Å². The summed E-state index contributed by atoms with van der Waals surface area (Å²) in [5.74, 6) is 1.11. The van der Waals surface area contributed by atoms with Crippen LogP contribution < -0.4 is 0 Å². The lowest BCUT2D eigenvalue weighted by Gasteiger charge is -2.20. The Kier molecular flexibility index (Phi) is 3.16. The molecule has 15 heavy (non-hydrogen) atoms. The maximum atomic E-state index is 11.0. The molecule has 1 heterocycles. The molecule has 0 spiro atoms. The number of carbonyl (C=O) groups excluding carboxylic acids is 1. The largest absolute Gasteiger partial charge is 0.370 e. The highest BCUT2D eigenvalue weighted by atomic mass is 16.5. The average molecular weight is 209 g/mol. The quantitative estimate of drug-likeness (QED) is 0.764. The Bertz CT molecular complexity index is 335. The van der Waals surface area contributed by atoms with Crippen LogP contribution in [0, 0.1) is 6.92 Å². The van der Waals surface area contributed by atoms with E-state index in [2.05, 4.69) is 5.16 Å². The highest BCUT2D eigenvalue weighted by Crippen LogP contribution is 2.19. The number of hydrogen-bond acceptors (Lipinski definition) is 4. The van der Waals surface area contributed by atoms with Gasteiger partial charge >= 0.3 is 0 Å². The van der Waals surface area contributed by atoms with E-state index in [1.54, 1.807) is 0 Å². The Morgan fingerprint density at radius 1 is 1.53 bits per heavy atom. The fraction of sp³-hybridized carbons (Fsp3) is 0.636. The summed E-state index contributed by atoms with van der Waals surface area (Å²) in [5.41, 5.74) is 0.868. The van der Waals surface area contributed by atoms with Crippen LogP contribution in [-0.2, 0) is 16.1 Å². The number of Topliss-reactive ketones (excluding diaryl/α,β-unsaturated/α-hetero) is 1. The van der Waals surface area contributed by atoms with Crippen LogP contribution in [0.5, 0.6) is 0 Å². The maximum absolute atomic E-state index is 11.0. The SMILES string of the molecule is Cc1cc(COC2CCC(=O)CC2)on1. The van der Waals surface area contributed by atoms with E-state index in [-0.39, 0.29) is 6.10 Å². The van der Waals surface area contributed by atoms with Gasteiger partial charge < -0.3 is 9.26 Å². The predicted octanol–water partition coefficient (Wildman–Crippen LogP) is 2.01. The molecular formula is C11H15NO3. The molecule has 1 aromatic rings. The third-order valence-corrected chi connectivity index (χ3v) is 2.63. The minimum absolute atomic E-state index is 0.202. The first-order valence-electron chi connectivity index (χ1n) is 5.29. The van der Waals surface area contributed by atoms with Gasteiger partial charge in [-0.3, -0.25) is 4.79 Å². The molecule has 1 fully saturated rings. The van der Waals surface area contributed by atoms with Crippen molar-refractivity contribution in [1.82, 2.24) is 5.16 Å². The number of carbonyl (C=O) groups is 1. The summed E-state index contributed by atoms with van der Waals surface area (Å²) in [6, 6.07) is 1.87. The summed E-state index contributed by atoms with van der Waals surface area (Å²) < 4.78 is 10.7. The van der Waals surface area contributed by atoms with Gasteiger partial charge in [-0.25, -0.2) is 0 Å². The van der Waals surface area contributed by atoms with E-state index in [1.165, 1.54) is 0 Å². The molecule has 1 aliphatic carbocycles. The van der Waals surface area contributed by atoms with Crippen molar-refractivity contribution in [3.05, 3.63) is 17.5 Å². The highest BCUT2D eigenvalue weighted by molar-refractivity contribution is 5.79. The standard InChI is InChI=1S/C11H15NO3/c1-8-6-11(15-12-8)7-14-10-4-2-9(13)3-5-10/h6,10H,2-5,7H2,1H3. The van der Waals surface area contributed by atoms with E-state index in [1.807, 2.05) is 13.0 Å². The minimum atomic E-state index is 0.202. The van der Waals surface area contributed by atoms with E-state index in [0.29, 0.717) is 25.2 Å². The average Bonchev–Trinajstić information content (AvgIpc) is 2.64. The van der Waals surface area contributed by atoms with Crippen molar-refractivity contribution in [2.24, 2.45) is 0 Å². The molecule has 0 atom stereocenters. The Morgan fingerprint density at radius 3 is 2.87 bits per heavy atom. The Morgan fingerprint density at radius 2 is 2.27 bits per heavy atom. The molecule has 82 valence electrons. The van der Waals surface area contributed by atoms with Gasteiger partial charge in [0.15, 0.2) is 5.76 Å². The molecule has 4 heteroatoms. The number of nitrogens with zero attached hydrogens (tertiary/aromatic N) is 1. The number of aromatic nitrogens is 1. The molecule has 0 aliphatic heterocycles. The third-order valence-electron chi connectivity index (χ3n) is 2.63. The van der Waals surface area contributed by atoms with Crippen LogP contribution in [0.25, 0.3) is 0 Å². The number of ether oxygens (including phenoxy) is 1. The first-order chi connectivity index (χ1) is 7.24. The van der Waals surface area contributed by atoms with Gasteiger partial charge in [-0.15, -0.1) is 0 Å². The fourth-order valence-electron chi connectivity index (χ4n) is 1.76. The van der Waals surface area contributed by atoms with Crippen molar-refractivity contribution < 1.29 is 14.1 Å². The third kappa shape index (κ3) is 2.89. The lowest BCUT2D eigenvalue weighted by molar-refractivity contribution is -0.123. The van der Waals surface area contributed by atoms with Gasteiger partial charge in [-0.2, -0.15) is 0 Å². The van der Waals surface area contributed by atoms with Crippen molar-refractivity contribution in [3.8, 4) is 0 Å². The second kappa shape index (κ2) is 4.57. The summed E-state index contributed by atoms with van der Waals surface area (Å²) in [5, 5.41) is 3.78. The molecule has 0 bridgehead atoms. The van der Waals surface area contributed by atoms with Gasteiger partial charge in [0.2, 0.25) is 0 Å². The van der Waals surface area contributed by atoms with Gasteiger partial charge in [0.05, 0.1) is 11.8 Å². The van der Waals surface area contributed by atoms with Gasteiger partial charge in [-0.05, 0) is 19.8 Å². The molecule has 1 aliphatic rings. The molecule has 0 radical (unpaired) electrons. The zero-order valence-corrected chi connectivity index (χ0v) is 8.86. The minimum Gasteiger partial charge on any atom is -0.370 e. The van der Waals surface area contributed by atoms with E-state index in [0.717, 1.165) is 24.3 Å². The second-order valence-electron chi connectivity index (χ2n) is 3.98. The maximum Gasteiger partial charge on any atom is 0.162 e. The molecule has 0 saturated heterocycles. The number of ketones is 1. The molecule has 0 aromatic carbocycles. The van der Waals surface area contributed by atoms with Crippen molar-refractivity contribution in [1.29, 1.82) is 0 Å². The lowest BCUT2D eigenvalue weighted by Crippen LogP contribution is -2.21. The summed E-state index contributed by atoms with van der Waals surface area (Å²) >= 11 is 0. The van der Waals surface area contributed by atoms with Gasteiger partial charge in [0.1, 0.15) is 12.4 Å². The zero-order chi connectivity index (χ0) is 10.7. The molecule has 2 rings (SSSR count). The number of hydrogen-bond donors (Lipinski definition) is 0. The second-order valence-corrected chi connectivity index (χ2v) is 3.98. The van der Waals surface area contributed by atoms with Crippen LogP contribution in [-0.4, -0.2) is 17.0 Å². The summed E-state index contributed by atoms with van der Waals surface area (Å²) in [7, 11) is 0. The number of aryl methyl sites for hydroxylation is 1. The van der Waals surface area contributed by atoms with E-state index in [9.17, 15) is 4.79 Å². The molecule has 1 saturated carbocycles. The van der Waals surface area contributed by atoms with Gasteiger partial charge in [-0.1, -0.05) is 5.16 Å². The van der Waals surface area contributed by atoms with E-state index >= 15 is 0 Å². The molecule has 0 amide bonds. The van der Waals surface area contributed by atoms with Crippen LogP contribution in [0.2, 0.25) is 0 Å². The first-order valence-corrected chi connectivity index (χ1v) is 5.29. The molecular weight excluding hydrogens is 194 g/mol. The van der Waals surface area contributed by atoms with Gasteiger partial charge in [0.25, 0.3) is 0 Å². The molecule has 4 nitrogen and oxygen atoms in total. The van der Waals surface area contributed by atoms with Crippen LogP contribution in [0.1, 0.15) is 37.1 Å². The predicted molar refractivity (Wildman–Crippen MR) is 53.3 cm³/mol. The van der Waals surface area contributed by atoms with E-state index < -0.39 is 0 Å². The van der Waals surface area contributed by atoms with Crippen molar-refractivity contribution in [3.63, 3.8) is 0 Å². The summed E-state index contributed by atoms with van der Waals surface area (Å²) in [6.45, 7) is 2.34. The Balaban J connectivity index is 1.76. The van der Waals surface area contributed by atoms with Crippen LogP contribution in [0.3, 0.4) is 0 Å². The van der Waals surface area contributed by atoms with Crippen molar-refractivity contribution >= 4 is 5.78 Å². The Labute approximate surface area is 88.6 Å². The summed E-state index contributed by atoms with van der Waals surface area (Å²) in [6.07, 6.45) is 3.19. The smallest absolute Gasteiger partial charge is 0.162 e. The number of rotatable bonds is 3. The monoisotopic (exact) mass is 209 g/mol. The first kappa shape index (κ1) is 10.4. The van der Waals surface area contributed by atoms with Crippen LogP contribution in [0.15, 0.2) is 10.6 Å². The highest BCUT2D eigenvalue weighted by Gasteiger charge is 2.19. The van der Waals surface area contributed by atoms with Gasteiger partial charge in [0, 0.05) is 18.9 Å².